The lowest BCUT2D eigenvalue weighted by Gasteiger charge is -2.00. The molecule has 0 atom stereocenters. The van der Waals surface area contributed by atoms with E-state index in [1.54, 1.807) is 6.07 Å². The third-order valence-corrected chi connectivity index (χ3v) is 3.73. The molecule has 1 N–H and O–H groups in total. The number of halogens is 2. The van der Waals surface area contributed by atoms with Crippen LogP contribution in [0.1, 0.15) is 18.7 Å². The zero-order valence-corrected chi connectivity index (χ0v) is 12.1. The van der Waals surface area contributed by atoms with Crippen LogP contribution in [0.15, 0.2) is 27.1 Å². The molecular formula is C12H10BrClN2O3. The van der Waals surface area contributed by atoms with Gasteiger partial charge in [0.05, 0.1) is 10.6 Å². The van der Waals surface area contributed by atoms with Crippen LogP contribution in [0.5, 0.6) is 0 Å². The summed E-state index contributed by atoms with van der Waals surface area (Å²) in [6, 6.07) is 5.41. The maximum Gasteiger partial charge on any atom is 0.303 e. The molecule has 0 aliphatic carbocycles. The van der Waals surface area contributed by atoms with E-state index in [-0.39, 0.29) is 6.42 Å². The Labute approximate surface area is 122 Å². The van der Waals surface area contributed by atoms with Gasteiger partial charge in [0.2, 0.25) is 11.8 Å². The van der Waals surface area contributed by atoms with Crippen molar-refractivity contribution in [1.82, 2.24) is 10.2 Å². The van der Waals surface area contributed by atoms with Crippen molar-refractivity contribution >= 4 is 33.5 Å². The Hall–Kier alpha value is -1.40. The normalized spacial score (nSPS) is 10.6. The van der Waals surface area contributed by atoms with Crippen LogP contribution in [0.4, 0.5) is 0 Å². The molecule has 1 aromatic carbocycles. The van der Waals surface area contributed by atoms with Crippen LogP contribution in [0.2, 0.25) is 5.02 Å². The minimum Gasteiger partial charge on any atom is -0.481 e. The Balaban J connectivity index is 2.12. The van der Waals surface area contributed by atoms with Crippen molar-refractivity contribution in [2.75, 3.05) is 0 Å². The van der Waals surface area contributed by atoms with Crippen molar-refractivity contribution < 1.29 is 14.3 Å². The molecule has 7 heteroatoms. The number of carbonyl (C=O) groups is 1. The third-order valence-electron chi connectivity index (χ3n) is 2.43. The van der Waals surface area contributed by atoms with Crippen molar-refractivity contribution in [3.8, 4) is 11.5 Å². The lowest BCUT2D eigenvalue weighted by atomic mass is 10.2. The number of aromatic nitrogens is 2. The van der Waals surface area contributed by atoms with E-state index in [4.69, 9.17) is 21.1 Å². The Morgan fingerprint density at radius 3 is 2.95 bits per heavy atom. The third kappa shape index (κ3) is 3.54. The van der Waals surface area contributed by atoms with Crippen LogP contribution in [-0.2, 0) is 11.2 Å². The first kappa shape index (κ1) is 14.0. The SMILES string of the molecule is O=C(O)CCCc1nnc(-c2cccc(Br)c2Cl)o1. The van der Waals surface area contributed by atoms with Crippen molar-refractivity contribution in [3.63, 3.8) is 0 Å². The number of nitrogens with zero attached hydrogens (tertiary/aromatic N) is 2. The summed E-state index contributed by atoms with van der Waals surface area (Å²) in [7, 11) is 0. The van der Waals surface area contributed by atoms with Gasteiger partial charge in [-0.25, -0.2) is 0 Å². The monoisotopic (exact) mass is 344 g/mol. The second-order valence-electron chi connectivity index (χ2n) is 3.85. The summed E-state index contributed by atoms with van der Waals surface area (Å²) >= 11 is 9.45. The van der Waals surface area contributed by atoms with Crippen LogP contribution >= 0.6 is 27.5 Å². The second-order valence-corrected chi connectivity index (χ2v) is 5.08. The molecule has 0 amide bonds. The fourth-order valence-corrected chi connectivity index (χ4v) is 2.10. The highest BCUT2D eigenvalue weighted by Gasteiger charge is 2.13. The number of rotatable bonds is 5. The van der Waals surface area contributed by atoms with Gasteiger partial charge in [0.25, 0.3) is 0 Å². The summed E-state index contributed by atoms with van der Waals surface area (Å²) < 4.78 is 6.21. The quantitative estimate of drug-likeness (QED) is 0.896. The van der Waals surface area contributed by atoms with Crippen molar-refractivity contribution in [3.05, 3.63) is 33.6 Å². The first-order valence-electron chi connectivity index (χ1n) is 5.56. The van der Waals surface area contributed by atoms with Gasteiger partial charge in [0.1, 0.15) is 0 Å². The molecular weight excluding hydrogens is 336 g/mol. The summed E-state index contributed by atoms with van der Waals surface area (Å²) in [5.41, 5.74) is 0.646. The lowest BCUT2D eigenvalue weighted by Crippen LogP contribution is -1.95. The van der Waals surface area contributed by atoms with E-state index in [9.17, 15) is 4.79 Å². The summed E-state index contributed by atoms with van der Waals surface area (Å²) in [6.45, 7) is 0. The predicted molar refractivity (Wildman–Crippen MR) is 73.0 cm³/mol. The number of aryl methyl sites for hydroxylation is 1. The van der Waals surface area contributed by atoms with E-state index in [2.05, 4.69) is 26.1 Å². The summed E-state index contributed by atoms with van der Waals surface area (Å²) in [6.07, 6.45) is 0.976. The summed E-state index contributed by atoms with van der Waals surface area (Å²) in [5, 5.41) is 16.8. The van der Waals surface area contributed by atoms with E-state index in [0.717, 1.165) is 4.47 Å². The molecule has 100 valence electrons. The molecule has 0 bridgehead atoms. The van der Waals surface area contributed by atoms with Gasteiger partial charge in [-0.1, -0.05) is 17.7 Å². The fraction of sp³-hybridized carbons (Fsp3) is 0.250. The van der Waals surface area contributed by atoms with E-state index >= 15 is 0 Å². The van der Waals surface area contributed by atoms with Gasteiger partial charge in [-0.05, 0) is 34.5 Å². The maximum absolute atomic E-state index is 10.4. The Morgan fingerprint density at radius 1 is 1.42 bits per heavy atom. The second kappa shape index (κ2) is 6.16. The number of hydrogen-bond donors (Lipinski definition) is 1. The summed E-state index contributed by atoms with van der Waals surface area (Å²) in [4.78, 5) is 10.4. The molecule has 19 heavy (non-hydrogen) atoms. The molecule has 0 spiro atoms. The van der Waals surface area contributed by atoms with Crippen LogP contribution in [0.25, 0.3) is 11.5 Å². The number of benzene rings is 1. The molecule has 0 aliphatic rings. The standard InChI is InChI=1S/C12H10BrClN2O3/c13-8-4-1-3-7(11(8)14)12-16-15-9(19-12)5-2-6-10(17)18/h1,3-4H,2,5-6H2,(H,17,18). The van der Waals surface area contributed by atoms with E-state index in [1.807, 2.05) is 12.1 Å². The van der Waals surface area contributed by atoms with E-state index < -0.39 is 5.97 Å². The van der Waals surface area contributed by atoms with Crippen LogP contribution in [-0.4, -0.2) is 21.3 Å². The minimum absolute atomic E-state index is 0.0787. The van der Waals surface area contributed by atoms with Crippen molar-refractivity contribution in [2.24, 2.45) is 0 Å². The highest BCUT2D eigenvalue weighted by molar-refractivity contribution is 9.10. The van der Waals surface area contributed by atoms with Gasteiger partial charge in [-0.2, -0.15) is 0 Å². The molecule has 5 nitrogen and oxygen atoms in total. The zero-order chi connectivity index (χ0) is 13.8. The van der Waals surface area contributed by atoms with Crippen molar-refractivity contribution in [2.45, 2.75) is 19.3 Å². The fourth-order valence-electron chi connectivity index (χ4n) is 1.52. The van der Waals surface area contributed by atoms with Crippen LogP contribution < -0.4 is 0 Å². The number of hydrogen-bond acceptors (Lipinski definition) is 4. The van der Waals surface area contributed by atoms with E-state index in [1.165, 1.54) is 0 Å². The molecule has 0 saturated heterocycles. The molecule has 1 aromatic heterocycles. The average molecular weight is 346 g/mol. The van der Waals surface area contributed by atoms with Crippen LogP contribution in [0, 0.1) is 0 Å². The predicted octanol–water partition coefficient (Wildman–Crippen LogP) is 3.56. The van der Waals surface area contributed by atoms with Gasteiger partial charge >= 0.3 is 5.97 Å². The van der Waals surface area contributed by atoms with Gasteiger partial charge in [0, 0.05) is 17.3 Å². The number of carboxylic acid groups (broad SMARTS) is 1. The van der Waals surface area contributed by atoms with E-state index in [0.29, 0.717) is 35.2 Å². The zero-order valence-electron chi connectivity index (χ0n) is 9.77. The molecule has 1 heterocycles. The Kier molecular flexibility index (Phi) is 4.55. The topological polar surface area (TPSA) is 76.2 Å². The Morgan fingerprint density at radius 2 is 2.21 bits per heavy atom. The molecule has 0 unspecified atom stereocenters. The smallest absolute Gasteiger partial charge is 0.303 e. The molecule has 2 aromatic rings. The largest absolute Gasteiger partial charge is 0.481 e. The highest BCUT2D eigenvalue weighted by atomic mass is 79.9. The minimum atomic E-state index is -0.838. The molecule has 0 radical (unpaired) electrons. The lowest BCUT2D eigenvalue weighted by molar-refractivity contribution is -0.137. The van der Waals surface area contributed by atoms with Gasteiger partial charge in [0.15, 0.2) is 0 Å². The molecule has 0 saturated carbocycles. The highest BCUT2D eigenvalue weighted by Crippen LogP contribution is 2.32. The molecule has 0 aliphatic heterocycles. The molecule has 0 fully saturated rings. The number of aliphatic carboxylic acids is 1. The van der Waals surface area contributed by atoms with Gasteiger partial charge in [-0.15, -0.1) is 10.2 Å². The molecule has 2 rings (SSSR count). The Bertz CT molecular complexity index is 600. The van der Waals surface area contributed by atoms with Gasteiger partial charge < -0.3 is 9.52 Å². The number of carboxylic acids is 1. The average Bonchev–Trinajstić information content (AvgIpc) is 2.81. The van der Waals surface area contributed by atoms with Gasteiger partial charge in [-0.3, -0.25) is 4.79 Å². The summed E-state index contributed by atoms with van der Waals surface area (Å²) in [5.74, 6) is -0.0984. The first-order chi connectivity index (χ1) is 9.08. The van der Waals surface area contributed by atoms with Crippen molar-refractivity contribution in [1.29, 1.82) is 0 Å². The maximum atomic E-state index is 10.4. The van der Waals surface area contributed by atoms with Crippen LogP contribution in [0.3, 0.4) is 0 Å². The first-order valence-corrected chi connectivity index (χ1v) is 6.73.